The highest BCUT2D eigenvalue weighted by Crippen LogP contribution is 2.20. The SMILES string of the molecule is CCCCCCc1ccc(S(=O)(=O)NC2CCCC2)cc1. The first-order valence-electron chi connectivity index (χ1n) is 8.23. The molecule has 0 amide bonds. The van der Waals surface area contributed by atoms with E-state index in [-0.39, 0.29) is 6.04 Å². The van der Waals surface area contributed by atoms with E-state index >= 15 is 0 Å². The van der Waals surface area contributed by atoms with E-state index in [0.717, 1.165) is 32.1 Å². The lowest BCUT2D eigenvalue weighted by Gasteiger charge is -2.12. The van der Waals surface area contributed by atoms with Crippen LogP contribution in [0.3, 0.4) is 0 Å². The van der Waals surface area contributed by atoms with Crippen molar-refractivity contribution in [1.29, 1.82) is 0 Å². The van der Waals surface area contributed by atoms with E-state index in [9.17, 15) is 8.42 Å². The fourth-order valence-corrected chi connectivity index (χ4v) is 4.23. The van der Waals surface area contributed by atoms with Crippen LogP contribution in [0, 0.1) is 0 Å². The first kappa shape index (κ1) is 16.5. The van der Waals surface area contributed by atoms with Crippen molar-refractivity contribution in [2.24, 2.45) is 0 Å². The number of sulfonamides is 1. The van der Waals surface area contributed by atoms with Crippen molar-refractivity contribution in [2.75, 3.05) is 0 Å². The summed E-state index contributed by atoms with van der Waals surface area (Å²) in [4.78, 5) is 0.395. The number of nitrogens with one attached hydrogen (secondary N) is 1. The van der Waals surface area contributed by atoms with E-state index in [0.29, 0.717) is 4.90 Å². The van der Waals surface area contributed by atoms with Gasteiger partial charge in [-0.1, -0.05) is 51.2 Å². The third-order valence-corrected chi connectivity index (χ3v) is 5.77. The number of aryl methyl sites for hydroxylation is 1. The standard InChI is InChI=1S/C17H27NO2S/c1-2-3-4-5-8-15-11-13-17(14-12-15)21(19,20)18-16-9-6-7-10-16/h11-14,16,18H,2-10H2,1H3. The summed E-state index contributed by atoms with van der Waals surface area (Å²) < 4.78 is 27.4. The summed E-state index contributed by atoms with van der Waals surface area (Å²) in [6.45, 7) is 2.21. The fourth-order valence-electron chi connectivity index (χ4n) is 2.92. The average molecular weight is 309 g/mol. The molecule has 0 saturated heterocycles. The van der Waals surface area contributed by atoms with Crippen LogP contribution < -0.4 is 4.72 Å². The Labute approximate surface area is 129 Å². The topological polar surface area (TPSA) is 46.2 Å². The second-order valence-corrected chi connectivity index (χ2v) is 7.77. The van der Waals surface area contributed by atoms with Crippen molar-refractivity contribution in [3.63, 3.8) is 0 Å². The first-order valence-corrected chi connectivity index (χ1v) is 9.71. The van der Waals surface area contributed by atoms with Crippen LogP contribution in [0.25, 0.3) is 0 Å². The van der Waals surface area contributed by atoms with Crippen molar-refractivity contribution in [3.8, 4) is 0 Å². The Morgan fingerprint density at radius 2 is 1.71 bits per heavy atom. The van der Waals surface area contributed by atoms with Gasteiger partial charge in [-0.05, 0) is 43.4 Å². The summed E-state index contributed by atoms with van der Waals surface area (Å²) in [7, 11) is -3.34. The van der Waals surface area contributed by atoms with Crippen LogP contribution in [0.2, 0.25) is 0 Å². The van der Waals surface area contributed by atoms with Gasteiger partial charge in [0.1, 0.15) is 0 Å². The van der Waals surface area contributed by atoms with Crippen LogP contribution >= 0.6 is 0 Å². The molecule has 4 heteroatoms. The Balaban J connectivity index is 1.90. The van der Waals surface area contributed by atoms with Gasteiger partial charge in [-0.2, -0.15) is 0 Å². The molecule has 0 aromatic heterocycles. The summed E-state index contributed by atoms with van der Waals surface area (Å²) in [5.74, 6) is 0. The Hall–Kier alpha value is -0.870. The number of benzene rings is 1. The van der Waals surface area contributed by atoms with Gasteiger partial charge in [-0.25, -0.2) is 13.1 Å². The fraction of sp³-hybridized carbons (Fsp3) is 0.647. The van der Waals surface area contributed by atoms with Gasteiger partial charge in [-0.15, -0.1) is 0 Å². The molecule has 2 rings (SSSR count). The molecule has 21 heavy (non-hydrogen) atoms. The van der Waals surface area contributed by atoms with Crippen LogP contribution in [-0.2, 0) is 16.4 Å². The molecule has 1 N–H and O–H groups in total. The summed E-state index contributed by atoms with van der Waals surface area (Å²) in [6, 6.07) is 7.52. The lowest BCUT2D eigenvalue weighted by molar-refractivity contribution is 0.552. The molecule has 0 radical (unpaired) electrons. The second-order valence-electron chi connectivity index (χ2n) is 6.06. The van der Waals surface area contributed by atoms with E-state index in [1.807, 2.05) is 12.1 Å². The van der Waals surface area contributed by atoms with Gasteiger partial charge in [0.05, 0.1) is 4.90 Å². The highest BCUT2D eigenvalue weighted by atomic mass is 32.2. The van der Waals surface area contributed by atoms with E-state index in [4.69, 9.17) is 0 Å². The minimum atomic E-state index is -3.34. The van der Waals surface area contributed by atoms with Crippen molar-refractivity contribution in [1.82, 2.24) is 4.72 Å². The number of rotatable bonds is 8. The van der Waals surface area contributed by atoms with Gasteiger partial charge in [0.2, 0.25) is 10.0 Å². The second kappa shape index (κ2) is 7.95. The molecule has 1 aromatic rings. The largest absolute Gasteiger partial charge is 0.240 e. The minimum absolute atomic E-state index is 0.128. The van der Waals surface area contributed by atoms with Crippen LogP contribution in [0.5, 0.6) is 0 Å². The Kier molecular flexibility index (Phi) is 6.24. The molecule has 1 saturated carbocycles. The van der Waals surface area contributed by atoms with Crippen LogP contribution in [-0.4, -0.2) is 14.5 Å². The maximum atomic E-state index is 12.3. The molecule has 1 aliphatic carbocycles. The van der Waals surface area contributed by atoms with E-state index in [1.54, 1.807) is 12.1 Å². The van der Waals surface area contributed by atoms with E-state index < -0.39 is 10.0 Å². The molecule has 0 unspecified atom stereocenters. The van der Waals surface area contributed by atoms with Crippen molar-refractivity contribution >= 4 is 10.0 Å². The first-order chi connectivity index (χ1) is 10.1. The lowest BCUT2D eigenvalue weighted by Crippen LogP contribution is -2.32. The third kappa shape index (κ3) is 5.11. The van der Waals surface area contributed by atoms with Gasteiger partial charge < -0.3 is 0 Å². The quantitative estimate of drug-likeness (QED) is 0.737. The van der Waals surface area contributed by atoms with Crippen LogP contribution in [0.1, 0.15) is 63.9 Å². The van der Waals surface area contributed by atoms with Gasteiger partial charge in [-0.3, -0.25) is 0 Å². The van der Waals surface area contributed by atoms with Gasteiger partial charge in [0, 0.05) is 6.04 Å². The van der Waals surface area contributed by atoms with Crippen molar-refractivity contribution < 1.29 is 8.42 Å². The average Bonchev–Trinajstić information content (AvgIpc) is 2.96. The summed E-state index contributed by atoms with van der Waals surface area (Å²) >= 11 is 0. The zero-order valence-electron chi connectivity index (χ0n) is 13.0. The Morgan fingerprint density at radius 3 is 2.33 bits per heavy atom. The molecule has 0 atom stereocenters. The highest BCUT2D eigenvalue weighted by molar-refractivity contribution is 7.89. The molecule has 3 nitrogen and oxygen atoms in total. The molecule has 1 fully saturated rings. The molecule has 1 aliphatic rings. The predicted octanol–water partition coefficient (Wildman–Crippen LogP) is 4.03. The minimum Gasteiger partial charge on any atom is -0.208 e. The summed E-state index contributed by atoms with van der Waals surface area (Å²) in [5.41, 5.74) is 1.23. The molecule has 0 heterocycles. The molecule has 1 aromatic carbocycles. The summed E-state index contributed by atoms with van der Waals surface area (Å²) in [6.07, 6.45) is 10.2. The highest BCUT2D eigenvalue weighted by Gasteiger charge is 2.22. The third-order valence-electron chi connectivity index (χ3n) is 4.23. The van der Waals surface area contributed by atoms with Gasteiger partial charge >= 0.3 is 0 Å². The van der Waals surface area contributed by atoms with E-state index in [1.165, 1.54) is 31.2 Å². The smallest absolute Gasteiger partial charge is 0.208 e. The maximum absolute atomic E-state index is 12.3. The normalized spacial score (nSPS) is 16.4. The molecule has 0 bridgehead atoms. The van der Waals surface area contributed by atoms with Gasteiger partial charge in [0.25, 0.3) is 0 Å². The Morgan fingerprint density at radius 1 is 1.05 bits per heavy atom. The zero-order chi connectivity index (χ0) is 15.1. The monoisotopic (exact) mass is 309 g/mol. The molecular formula is C17H27NO2S. The number of hydrogen-bond donors (Lipinski definition) is 1. The van der Waals surface area contributed by atoms with Crippen LogP contribution in [0.15, 0.2) is 29.2 Å². The van der Waals surface area contributed by atoms with Crippen molar-refractivity contribution in [2.45, 2.75) is 75.6 Å². The molecule has 0 spiro atoms. The number of hydrogen-bond acceptors (Lipinski definition) is 2. The predicted molar refractivity (Wildman–Crippen MR) is 86.9 cm³/mol. The molecular weight excluding hydrogens is 282 g/mol. The maximum Gasteiger partial charge on any atom is 0.240 e. The molecule has 0 aliphatic heterocycles. The van der Waals surface area contributed by atoms with Crippen molar-refractivity contribution in [3.05, 3.63) is 29.8 Å². The molecule has 118 valence electrons. The Bertz CT molecular complexity index is 516. The lowest BCUT2D eigenvalue weighted by atomic mass is 10.1. The van der Waals surface area contributed by atoms with Gasteiger partial charge in [0.15, 0.2) is 0 Å². The van der Waals surface area contributed by atoms with E-state index in [2.05, 4.69) is 11.6 Å². The van der Waals surface area contributed by atoms with Crippen LogP contribution in [0.4, 0.5) is 0 Å². The summed E-state index contributed by atoms with van der Waals surface area (Å²) in [5, 5.41) is 0. The zero-order valence-corrected chi connectivity index (χ0v) is 13.8. The number of unbranched alkanes of at least 4 members (excludes halogenated alkanes) is 3.